The van der Waals surface area contributed by atoms with Crippen LogP contribution in [0.5, 0.6) is 0 Å². The van der Waals surface area contributed by atoms with Crippen LogP contribution in [0.4, 0.5) is 0 Å². The number of cyclic esters (lactones) is 1. The molecule has 2 aliphatic heterocycles. The van der Waals surface area contributed by atoms with Gasteiger partial charge in [0.05, 0.1) is 18.2 Å². The van der Waals surface area contributed by atoms with Crippen molar-refractivity contribution in [3.63, 3.8) is 0 Å². The molecule has 2 atom stereocenters. The van der Waals surface area contributed by atoms with Gasteiger partial charge < -0.3 is 9.84 Å². The molecular weight excluding hydrogens is 612 g/mol. The van der Waals surface area contributed by atoms with Gasteiger partial charge in [0.1, 0.15) is 0 Å². The number of hydrogen-bond donors (Lipinski definition) is 1. The van der Waals surface area contributed by atoms with E-state index in [0.29, 0.717) is 17.7 Å². The molecule has 0 spiro atoms. The normalized spacial score (nSPS) is 18.1. The number of unbranched alkanes of at least 4 members (excludes halogenated alkanes) is 15. The number of aliphatic hydroxyl groups excluding tert-OH is 1. The van der Waals surface area contributed by atoms with Crippen LogP contribution in [0.1, 0.15) is 199 Å². The largest absolute Gasteiger partial charge is 0.428 e. The lowest BCUT2D eigenvalue weighted by atomic mass is 9.82. The van der Waals surface area contributed by atoms with Crippen LogP contribution in [-0.2, 0) is 9.57 Å². The van der Waals surface area contributed by atoms with Crippen molar-refractivity contribution in [2.24, 2.45) is 5.11 Å². The lowest BCUT2D eigenvalue weighted by molar-refractivity contribution is -0.303. The summed E-state index contributed by atoms with van der Waals surface area (Å²) in [7, 11) is 0. The Morgan fingerprint density at radius 1 is 0.918 bits per heavy atom. The zero-order valence-electron chi connectivity index (χ0n) is 32.1. The molecule has 49 heavy (non-hydrogen) atoms. The summed E-state index contributed by atoms with van der Waals surface area (Å²) in [5.74, 6) is -0.451. The smallest absolute Gasteiger partial charge is 0.341 e. The first kappa shape index (κ1) is 44.6. The SMILES string of the molecule is CCCCCCCCCCC(CN=[N+]=[N-])ON1C(C)(C)CCCC1(C)C.O=C1OC(O)c2ccccc21.[CH+]=CCCCCCCCCCC. The Kier molecular flexibility index (Phi) is 24.0. The highest BCUT2D eigenvalue weighted by atomic mass is 16.7. The van der Waals surface area contributed by atoms with Crippen molar-refractivity contribution >= 4 is 5.97 Å². The first-order chi connectivity index (χ1) is 23.5. The van der Waals surface area contributed by atoms with Crippen LogP contribution in [0.15, 0.2) is 35.5 Å². The first-order valence-corrected chi connectivity index (χ1v) is 19.5. The number of carbonyl (C=O) groups excluding carboxylic acids is 1. The third kappa shape index (κ3) is 18.9. The van der Waals surface area contributed by atoms with Gasteiger partial charge in [-0.25, -0.2) is 4.79 Å². The first-order valence-electron chi connectivity index (χ1n) is 19.5. The predicted octanol–water partition coefficient (Wildman–Crippen LogP) is 12.5. The second kappa shape index (κ2) is 26.4. The summed E-state index contributed by atoms with van der Waals surface area (Å²) in [4.78, 5) is 20.3. The number of ether oxygens (including phenoxy) is 1. The van der Waals surface area contributed by atoms with Gasteiger partial charge in [0.25, 0.3) is 0 Å². The molecule has 0 aromatic heterocycles. The van der Waals surface area contributed by atoms with Crippen molar-refractivity contribution < 1.29 is 19.5 Å². The molecule has 1 aromatic carbocycles. The van der Waals surface area contributed by atoms with Crippen molar-refractivity contribution in [2.45, 2.75) is 200 Å². The maximum atomic E-state index is 10.9. The molecule has 278 valence electrons. The molecule has 2 heterocycles. The molecule has 1 saturated heterocycles. The maximum Gasteiger partial charge on any atom is 0.341 e. The Morgan fingerprint density at radius 3 is 1.94 bits per heavy atom. The maximum absolute atomic E-state index is 10.9. The number of hydrogen-bond acceptors (Lipinski definition) is 6. The second-order valence-corrected chi connectivity index (χ2v) is 15.0. The zero-order valence-corrected chi connectivity index (χ0v) is 32.1. The fourth-order valence-corrected chi connectivity index (χ4v) is 6.74. The minimum atomic E-state index is -1.07. The number of nitrogens with zero attached hydrogens (tertiary/aromatic N) is 4. The van der Waals surface area contributed by atoms with E-state index in [4.69, 9.17) is 22.1 Å². The third-order valence-corrected chi connectivity index (χ3v) is 9.55. The van der Waals surface area contributed by atoms with Crippen molar-refractivity contribution in [1.29, 1.82) is 0 Å². The van der Waals surface area contributed by atoms with Crippen LogP contribution in [0.3, 0.4) is 0 Å². The van der Waals surface area contributed by atoms with Crippen molar-refractivity contribution in [3.05, 3.63) is 58.5 Å². The molecule has 0 radical (unpaired) electrons. The molecule has 8 nitrogen and oxygen atoms in total. The Bertz CT molecular complexity index is 1050. The number of azide groups is 1. The Balaban J connectivity index is 0.000000427. The lowest BCUT2D eigenvalue weighted by Crippen LogP contribution is -2.59. The summed E-state index contributed by atoms with van der Waals surface area (Å²) in [6.07, 6.45) is 27.8. The molecule has 8 heteroatoms. The fourth-order valence-electron chi connectivity index (χ4n) is 6.74. The number of fused-ring (bicyclic) bond motifs is 1. The van der Waals surface area contributed by atoms with Gasteiger partial charge in [-0.2, -0.15) is 5.06 Å². The molecule has 0 bridgehead atoms. The molecule has 2 unspecified atom stereocenters. The Morgan fingerprint density at radius 2 is 1.43 bits per heavy atom. The van der Waals surface area contributed by atoms with Crippen LogP contribution in [0, 0.1) is 6.58 Å². The summed E-state index contributed by atoms with van der Waals surface area (Å²) in [6, 6.07) is 6.79. The quantitative estimate of drug-likeness (QED) is 0.0327. The average Bonchev–Trinajstić information content (AvgIpc) is 3.36. The molecular formula is C41H71N4O4+. The van der Waals surface area contributed by atoms with E-state index in [0.717, 1.165) is 32.1 Å². The molecule has 0 aliphatic carbocycles. The van der Waals surface area contributed by atoms with Gasteiger partial charge in [-0.3, -0.25) is 4.84 Å². The summed E-state index contributed by atoms with van der Waals surface area (Å²) in [5.41, 5.74) is 9.79. The molecule has 1 N–H and O–H groups in total. The topological polar surface area (TPSA) is 108 Å². The highest BCUT2D eigenvalue weighted by Gasteiger charge is 2.43. The number of carbonyl (C=O) groups is 1. The Hall–Kier alpha value is -2.47. The van der Waals surface area contributed by atoms with E-state index in [1.165, 1.54) is 103 Å². The Labute approximate surface area is 300 Å². The summed E-state index contributed by atoms with van der Waals surface area (Å²) in [5, 5.41) is 15.1. The number of piperidine rings is 1. The van der Waals surface area contributed by atoms with Gasteiger partial charge in [0.2, 0.25) is 12.9 Å². The van der Waals surface area contributed by atoms with Crippen LogP contribution >= 0.6 is 0 Å². The van der Waals surface area contributed by atoms with Crippen LogP contribution in [-0.4, -0.2) is 39.9 Å². The average molecular weight is 684 g/mol. The van der Waals surface area contributed by atoms with E-state index in [9.17, 15) is 4.79 Å². The number of esters is 1. The van der Waals surface area contributed by atoms with E-state index in [1.807, 2.05) is 0 Å². The van der Waals surface area contributed by atoms with E-state index < -0.39 is 12.3 Å². The van der Waals surface area contributed by atoms with Gasteiger partial charge in [0, 0.05) is 28.0 Å². The standard InChI is InChI=1S/C21H42N4O.C12H23.C8H6O3/c1-6-7-8-9-10-11-12-13-15-19(18-23-24-22)26-25-20(2,3)16-14-17-21(25,4)5;1-3-5-7-9-11-12-10-8-6-4-2;9-7-5-3-1-2-4-6(5)8(10)11-7/h19H,6-18H2,1-5H3;1,3H,4-12H2,2H3;1-4,7,9H/q;+1;. The molecule has 2 aliphatic rings. The van der Waals surface area contributed by atoms with Gasteiger partial charge in [0.15, 0.2) is 6.08 Å². The molecule has 3 rings (SSSR count). The van der Waals surface area contributed by atoms with E-state index in [2.05, 4.69) is 61.4 Å². The van der Waals surface area contributed by atoms with Gasteiger partial charge in [-0.15, -0.1) is 0 Å². The summed E-state index contributed by atoms with van der Waals surface area (Å²) in [6.45, 7) is 19.3. The minimum absolute atomic E-state index is 0.0114. The summed E-state index contributed by atoms with van der Waals surface area (Å²) < 4.78 is 4.55. The number of aliphatic hydroxyl groups is 1. The van der Waals surface area contributed by atoms with E-state index >= 15 is 0 Å². The number of benzene rings is 1. The fraction of sp³-hybridized carbons (Fsp3) is 0.780. The number of hydroxylamine groups is 2. The van der Waals surface area contributed by atoms with E-state index in [-0.39, 0.29) is 17.2 Å². The van der Waals surface area contributed by atoms with E-state index in [1.54, 1.807) is 30.3 Å². The molecule has 1 fully saturated rings. The number of rotatable bonds is 22. The monoisotopic (exact) mass is 684 g/mol. The lowest BCUT2D eigenvalue weighted by Gasteiger charge is -2.52. The van der Waals surface area contributed by atoms with Crippen LogP contribution in [0.2, 0.25) is 0 Å². The molecule has 0 amide bonds. The van der Waals surface area contributed by atoms with Crippen LogP contribution in [0.25, 0.3) is 10.4 Å². The summed E-state index contributed by atoms with van der Waals surface area (Å²) >= 11 is 0. The minimum Gasteiger partial charge on any atom is -0.428 e. The van der Waals surface area contributed by atoms with Crippen molar-refractivity contribution in [1.82, 2.24) is 5.06 Å². The van der Waals surface area contributed by atoms with Gasteiger partial charge >= 0.3 is 5.97 Å². The third-order valence-electron chi connectivity index (χ3n) is 9.55. The second-order valence-electron chi connectivity index (χ2n) is 15.0. The highest BCUT2D eigenvalue weighted by molar-refractivity contribution is 5.93. The van der Waals surface area contributed by atoms with Crippen molar-refractivity contribution in [2.75, 3.05) is 6.54 Å². The predicted molar refractivity (Wildman–Crippen MR) is 203 cm³/mol. The van der Waals surface area contributed by atoms with Gasteiger partial charge in [-0.1, -0.05) is 133 Å². The van der Waals surface area contributed by atoms with Gasteiger partial charge in [-0.05, 0) is 71.4 Å². The molecule has 1 aromatic rings. The number of allylic oxidation sites excluding steroid dienone is 1. The zero-order chi connectivity index (χ0) is 36.4. The molecule has 0 saturated carbocycles. The van der Waals surface area contributed by atoms with Crippen LogP contribution < -0.4 is 0 Å². The van der Waals surface area contributed by atoms with Crippen molar-refractivity contribution in [3.8, 4) is 0 Å². The highest BCUT2D eigenvalue weighted by Crippen LogP contribution is 2.39.